The van der Waals surface area contributed by atoms with Crippen LogP contribution in [0.3, 0.4) is 0 Å². The van der Waals surface area contributed by atoms with Crippen molar-refractivity contribution < 1.29 is 14.3 Å². The highest BCUT2D eigenvalue weighted by atomic mass is 16.5. The highest BCUT2D eigenvalue weighted by Gasteiger charge is 2.53. The van der Waals surface area contributed by atoms with Gasteiger partial charge in [0.15, 0.2) is 0 Å². The predicted octanol–water partition coefficient (Wildman–Crippen LogP) is 3.28. The Morgan fingerprint density at radius 1 is 1.33 bits per heavy atom. The molecule has 148 valence electrons. The summed E-state index contributed by atoms with van der Waals surface area (Å²) in [6.07, 6.45) is 4.95. The maximum atomic E-state index is 13.3. The number of amides is 2. The predicted molar refractivity (Wildman–Crippen MR) is 105 cm³/mol. The Balaban J connectivity index is 1.85. The highest BCUT2D eigenvalue weighted by Crippen LogP contribution is 2.43. The van der Waals surface area contributed by atoms with Crippen molar-refractivity contribution in [1.82, 2.24) is 10.2 Å². The molecule has 1 N–H and O–H groups in total. The first-order valence-corrected chi connectivity index (χ1v) is 10.3. The van der Waals surface area contributed by atoms with E-state index >= 15 is 0 Å². The monoisotopic (exact) mass is 372 g/mol. The minimum atomic E-state index is -0.624. The second-order valence-corrected chi connectivity index (χ2v) is 8.22. The molecule has 1 heterocycles. The van der Waals surface area contributed by atoms with Crippen LogP contribution in [0.15, 0.2) is 30.3 Å². The van der Waals surface area contributed by atoms with Crippen LogP contribution in [0.5, 0.6) is 0 Å². The molecule has 5 nitrogen and oxygen atoms in total. The average Bonchev–Trinajstić information content (AvgIpc) is 3.00. The van der Waals surface area contributed by atoms with Gasteiger partial charge in [-0.3, -0.25) is 14.5 Å². The lowest BCUT2D eigenvalue weighted by atomic mass is 9.83. The Kier molecular flexibility index (Phi) is 6.20. The third kappa shape index (κ3) is 4.34. The van der Waals surface area contributed by atoms with Crippen molar-refractivity contribution in [2.75, 3.05) is 6.61 Å². The lowest BCUT2D eigenvalue weighted by Crippen LogP contribution is -2.58. The van der Waals surface area contributed by atoms with Crippen LogP contribution in [-0.4, -0.2) is 41.1 Å². The van der Waals surface area contributed by atoms with Crippen molar-refractivity contribution in [2.24, 2.45) is 5.92 Å². The van der Waals surface area contributed by atoms with E-state index < -0.39 is 11.8 Å². The molecular formula is C22H32N2O3. The first-order chi connectivity index (χ1) is 12.9. The molecule has 1 aliphatic heterocycles. The topological polar surface area (TPSA) is 58.6 Å². The number of nitrogens with zero attached hydrogens (tertiary/aromatic N) is 1. The Morgan fingerprint density at radius 3 is 2.74 bits per heavy atom. The molecule has 1 saturated carbocycles. The lowest BCUT2D eigenvalue weighted by molar-refractivity contribution is -0.162. The third-order valence-electron chi connectivity index (χ3n) is 5.96. The summed E-state index contributed by atoms with van der Waals surface area (Å²) in [6.45, 7) is 6.52. The van der Waals surface area contributed by atoms with E-state index in [-0.39, 0.29) is 24.5 Å². The largest absolute Gasteiger partial charge is 0.353 e. The van der Waals surface area contributed by atoms with Gasteiger partial charge in [0, 0.05) is 6.04 Å². The zero-order valence-electron chi connectivity index (χ0n) is 16.7. The van der Waals surface area contributed by atoms with E-state index in [1.165, 1.54) is 0 Å². The number of benzene rings is 1. The van der Waals surface area contributed by atoms with Gasteiger partial charge >= 0.3 is 0 Å². The minimum absolute atomic E-state index is 0.0166. The number of carbonyl (C=O) groups is 2. The van der Waals surface area contributed by atoms with Gasteiger partial charge in [-0.1, -0.05) is 50.6 Å². The number of hydrogen-bond donors (Lipinski definition) is 1. The zero-order valence-corrected chi connectivity index (χ0v) is 16.7. The first-order valence-electron chi connectivity index (χ1n) is 10.3. The third-order valence-corrected chi connectivity index (χ3v) is 5.96. The Hall–Kier alpha value is -1.88. The maximum Gasteiger partial charge on any atom is 0.245 e. The molecule has 27 heavy (non-hydrogen) atoms. The van der Waals surface area contributed by atoms with Crippen molar-refractivity contribution in [3.8, 4) is 0 Å². The first kappa shape index (κ1) is 19.9. The Morgan fingerprint density at radius 2 is 2.07 bits per heavy atom. The summed E-state index contributed by atoms with van der Waals surface area (Å²) in [6, 6.07) is 9.28. The fraction of sp³-hybridized carbons (Fsp3) is 0.636. The van der Waals surface area contributed by atoms with Crippen LogP contribution in [0, 0.1) is 5.92 Å². The SMILES string of the molecule is CC[C@H](C)NC(=O)[C@H]1CO[C@]2(CCC[C@H](C)C2)N1C(=O)Cc1ccccc1. The molecule has 1 spiro atoms. The van der Waals surface area contributed by atoms with Gasteiger partial charge in [-0.05, 0) is 44.1 Å². The van der Waals surface area contributed by atoms with Crippen molar-refractivity contribution in [1.29, 1.82) is 0 Å². The molecule has 1 aromatic rings. The van der Waals surface area contributed by atoms with E-state index in [4.69, 9.17) is 4.74 Å². The molecule has 4 atom stereocenters. The van der Waals surface area contributed by atoms with Crippen molar-refractivity contribution in [3.63, 3.8) is 0 Å². The molecule has 5 heteroatoms. The average molecular weight is 373 g/mol. The van der Waals surface area contributed by atoms with Crippen LogP contribution >= 0.6 is 0 Å². The van der Waals surface area contributed by atoms with Crippen LogP contribution < -0.4 is 5.32 Å². The fourth-order valence-electron chi connectivity index (χ4n) is 4.38. The van der Waals surface area contributed by atoms with E-state index in [2.05, 4.69) is 12.2 Å². The fourth-order valence-corrected chi connectivity index (χ4v) is 4.38. The smallest absolute Gasteiger partial charge is 0.245 e. The Bertz CT molecular complexity index is 663. The van der Waals surface area contributed by atoms with E-state index in [1.54, 1.807) is 4.90 Å². The molecule has 1 aromatic carbocycles. The molecule has 2 amide bonds. The van der Waals surface area contributed by atoms with Crippen LogP contribution in [0.2, 0.25) is 0 Å². The summed E-state index contributed by atoms with van der Waals surface area (Å²) < 4.78 is 6.22. The number of rotatable bonds is 5. The van der Waals surface area contributed by atoms with Crippen LogP contribution in [-0.2, 0) is 20.7 Å². The normalized spacial score (nSPS) is 28.9. The molecule has 1 aliphatic carbocycles. The molecule has 2 fully saturated rings. The quantitative estimate of drug-likeness (QED) is 0.863. The summed E-state index contributed by atoms with van der Waals surface area (Å²) in [5.41, 5.74) is 0.343. The maximum absolute atomic E-state index is 13.3. The molecule has 3 rings (SSSR count). The molecule has 0 radical (unpaired) electrons. The Labute approximate surface area is 162 Å². The van der Waals surface area contributed by atoms with Gasteiger partial charge in [-0.15, -0.1) is 0 Å². The van der Waals surface area contributed by atoms with Gasteiger partial charge in [0.25, 0.3) is 0 Å². The van der Waals surface area contributed by atoms with E-state index in [0.29, 0.717) is 12.3 Å². The molecule has 0 bridgehead atoms. The van der Waals surface area contributed by atoms with E-state index in [1.807, 2.05) is 44.2 Å². The van der Waals surface area contributed by atoms with Gasteiger partial charge < -0.3 is 10.1 Å². The molecular weight excluding hydrogens is 340 g/mol. The number of nitrogens with one attached hydrogen (secondary N) is 1. The van der Waals surface area contributed by atoms with Gasteiger partial charge in [-0.2, -0.15) is 0 Å². The van der Waals surface area contributed by atoms with E-state index in [0.717, 1.165) is 37.7 Å². The number of carbonyl (C=O) groups excluding carboxylic acids is 2. The molecule has 1 saturated heterocycles. The summed E-state index contributed by atoms with van der Waals surface area (Å²) in [5, 5.41) is 3.04. The second-order valence-electron chi connectivity index (χ2n) is 8.22. The van der Waals surface area contributed by atoms with Gasteiger partial charge in [-0.25, -0.2) is 0 Å². The van der Waals surface area contributed by atoms with Crippen LogP contribution in [0.4, 0.5) is 0 Å². The van der Waals surface area contributed by atoms with Gasteiger partial charge in [0.1, 0.15) is 11.8 Å². The standard InChI is InChI=1S/C22H32N2O3/c1-4-17(3)23-21(26)19-15-27-22(12-8-9-16(2)14-22)24(19)20(25)13-18-10-6-5-7-11-18/h5-7,10-11,16-17,19H,4,8-9,12-15H2,1-3H3,(H,23,26)/t16-,17-,19+,22-/m0/s1. The minimum Gasteiger partial charge on any atom is -0.353 e. The number of hydrogen-bond acceptors (Lipinski definition) is 3. The summed E-state index contributed by atoms with van der Waals surface area (Å²) in [5.74, 6) is 0.375. The summed E-state index contributed by atoms with van der Waals surface area (Å²) in [4.78, 5) is 28.0. The van der Waals surface area contributed by atoms with Gasteiger partial charge in [0.2, 0.25) is 11.8 Å². The second kappa shape index (κ2) is 8.42. The van der Waals surface area contributed by atoms with Crippen molar-refractivity contribution >= 4 is 11.8 Å². The summed E-state index contributed by atoms with van der Waals surface area (Å²) in [7, 11) is 0. The highest BCUT2D eigenvalue weighted by molar-refractivity contribution is 5.89. The van der Waals surface area contributed by atoms with Gasteiger partial charge in [0.05, 0.1) is 13.0 Å². The van der Waals surface area contributed by atoms with Crippen LogP contribution in [0.25, 0.3) is 0 Å². The molecule has 2 aliphatic rings. The van der Waals surface area contributed by atoms with Crippen molar-refractivity contribution in [2.45, 2.75) is 77.1 Å². The lowest BCUT2D eigenvalue weighted by Gasteiger charge is -2.43. The number of ether oxygens (including phenoxy) is 1. The summed E-state index contributed by atoms with van der Waals surface area (Å²) >= 11 is 0. The van der Waals surface area contributed by atoms with Crippen LogP contribution in [0.1, 0.15) is 58.4 Å². The van der Waals surface area contributed by atoms with Crippen molar-refractivity contribution in [3.05, 3.63) is 35.9 Å². The van der Waals surface area contributed by atoms with E-state index in [9.17, 15) is 9.59 Å². The molecule has 0 aromatic heterocycles. The molecule has 0 unspecified atom stereocenters. The zero-order chi connectivity index (χ0) is 19.4.